The molecule has 2 amide bonds. The van der Waals surface area contributed by atoms with E-state index in [1.54, 1.807) is 0 Å². The van der Waals surface area contributed by atoms with E-state index in [2.05, 4.69) is 31.0 Å². The van der Waals surface area contributed by atoms with E-state index in [0.29, 0.717) is 34.9 Å². The highest BCUT2D eigenvalue weighted by Crippen LogP contribution is 2.26. The quantitative estimate of drug-likeness (QED) is 0.261. The molecule has 0 rings (SSSR count). The second-order valence-electron chi connectivity index (χ2n) is 7.60. The van der Waals surface area contributed by atoms with Gasteiger partial charge in [0.25, 0.3) is 0 Å². The maximum absolute atomic E-state index is 12.0. The number of carbonyl (C=O) groups excluding carboxylic acids is 2. The fourth-order valence-electron chi connectivity index (χ4n) is 3.04. The van der Waals surface area contributed by atoms with Crippen LogP contribution in [0.1, 0.15) is 66.2 Å². The van der Waals surface area contributed by atoms with Crippen molar-refractivity contribution in [2.45, 2.75) is 104 Å². The van der Waals surface area contributed by atoms with Crippen molar-refractivity contribution in [2.24, 2.45) is 0 Å². The second kappa shape index (κ2) is 16.7. The first-order valence-corrected chi connectivity index (χ1v) is 15.3. The number of rotatable bonds is 16. The number of hydrogen-bond donors (Lipinski definition) is 2. The lowest BCUT2D eigenvalue weighted by molar-refractivity contribution is 0.0977. The van der Waals surface area contributed by atoms with Gasteiger partial charge in [-0.15, -0.1) is 0 Å². The molecule has 0 saturated carbocycles. The van der Waals surface area contributed by atoms with Crippen LogP contribution in [0.25, 0.3) is 0 Å². The first-order valence-electron chi connectivity index (χ1n) is 11.1. The van der Waals surface area contributed by atoms with Crippen molar-refractivity contribution in [2.75, 3.05) is 13.1 Å². The Morgan fingerprint density at radius 2 is 1.28 bits per heavy atom. The Bertz CT molecular complexity index is 421. The molecule has 2 atom stereocenters. The molecule has 0 fully saturated rings. The SMILES string of the molecule is CCCCNC(=O)OC(CC)C[Si](C)(CC(CC)OC(=O)NCCCC)O[Si]C. The number of unbranched alkanes of at least 4 members (excludes halogenated alkanes) is 2. The van der Waals surface area contributed by atoms with Gasteiger partial charge in [-0.05, 0) is 38.8 Å². The Morgan fingerprint density at radius 3 is 1.59 bits per heavy atom. The van der Waals surface area contributed by atoms with Crippen molar-refractivity contribution in [1.29, 1.82) is 0 Å². The predicted molar refractivity (Wildman–Crippen MR) is 121 cm³/mol. The number of amides is 2. The lowest BCUT2D eigenvalue weighted by atomic mass is 10.3. The third-order valence-corrected chi connectivity index (χ3v) is 10.2. The normalized spacial score (nSPS) is 15.1. The molecule has 0 aliphatic heterocycles. The van der Waals surface area contributed by atoms with E-state index in [1.807, 2.05) is 20.4 Å². The Hall–Kier alpha value is -1.07. The van der Waals surface area contributed by atoms with Crippen molar-refractivity contribution in [3.05, 3.63) is 0 Å². The zero-order chi connectivity index (χ0) is 22.1. The van der Waals surface area contributed by atoms with E-state index >= 15 is 0 Å². The molecule has 2 radical (unpaired) electrons. The highest BCUT2D eigenvalue weighted by atomic mass is 28.4. The van der Waals surface area contributed by atoms with Crippen molar-refractivity contribution < 1.29 is 23.2 Å². The summed E-state index contributed by atoms with van der Waals surface area (Å²) in [6.45, 7) is 13.6. The first kappa shape index (κ1) is 27.9. The van der Waals surface area contributed by atoms with Gasteiger partial charge in [0.05, 0.1) is 0 Å². The third-order valence-electron chi connectivity index (χ3n) is 4.72. The highest BCUT2D eigenvalue weighted by molar-refractivity contribution is 6.76. The van der Waals surface area contributed by atoms with Crippen LogP contribution in [-0.4, -0.2) is 55.6 Å². The number of alkyl carbamates (subject to hydrolysis) is 2. The van der Waals surface area contributed by atoms with Gasteiger partial charge in [-0.3, -0.25) is 0 Å². The fraction of sp³-hybridized carbons (Fsp3) is 0.900. The van der Waals surface area contributed by atoms with Crippen molar-refractivity contribution in [1.82, 2.24) is 10.6 Å². The second-order valence-corrected chi connectivity index (χ2v) is 12.5. The van der Waals surface area contributed by atoms with E-state index < -0.39 is 8.32 Å². The monoisotopic (exact) mass is 446 g/mol. The topological polar surface area (TPSA) is 85.9 Å². The molecule has 0 bridgehead atoms. The summed E-state index contributed by atoms with van der Waals surface area (Å²) in [5.41, 5.74) is 0. The maximum Gasteiger partial charge on any atom is 0.407 e. The predicted octanol–water partition coefficient (Wildman–Crippen LogP) is 4.86. The summed E-state index contributed by atoms with van der Waals surface area (Å²) in [5.74, 6) is 0. The Morgan fingerprint density at radius 1 is 0.862 bits per heavy atom. The standard InChI is InChI=1S/C20H42N2O5Si2/c1-7-11-13-21-19(23)25-17(9-3)15-29(6,27-28-5)16-18(10-4)26-20(24)22-14-12-8-2/h17-18H,7-16H2,1-6H3,(H,21,23)(H,22,24). The number of carbonyl (C=O) groups is 2. The number of ether oxygens (including phenoxy) is 2. The molecule has 0 aromatic rings. The van der Waals surface area contributed by atoms with Gasteiger partial charge < -0.3 is 24.2 Å². The van der Waals surface area contributed by atoms with Crippen molar-refractivity contribution in [3.8, 4) is 0 Å². The van der Waals surface area contributed by atoms with Gasteiger partial charge in [-0.25, -0.2) is 9.59 Å². The lowest BCUT2D eigenvalue weighted by Crippen LogP contribution is -2.44. The van der Waals surface area contributed by atoms with Gasteiger partial charge in [0.2, 0.25) is 9.76 Å². The molecular formula is C20H42N2O5Si2. The summed E-state index contributed by atoms with van der Waals surface area (Å²) >= 11 is 0. The van der Waals surface area contributed by atoms with Gasteiger partial charge in [0, 0.05) is 25.2 Å². The van der Waals surface area contributed by atoms with Crippen LogP contribution in [0, 0.1) is 0 Å². The summed E-state index contributed by atoms with van der Waals surface area (Å²) in [5, 5.41) is 5.61. The van der Waals surface area contributed by atoms with Crippen LogP contribution in [0.3, 0.4) is 0 Å². The maximum atomic E-state index is 12.0. The van der Waals surface area contributed by atoms with Crippen LogP contribution in [0.2, 0.25) is 25.2 Å². The minimum atomic E-state index is -2.23. The van der Waals surface area contributed by atoms with E-state index in [9.17, 15) is 9.59 Å². The van der Waals surface area contributed by atoms with Crippen LogP contribution in [0.15, 0.2) is 0 Å². The summed E-state index contributed by atoms with van der Waals surface area (Å²) in [6, 6.07) is 1.39. The zero-order valence-corrected chi connectivity index (χ0v) is 21.3. The summed E-state index contributed by atoms with van der Waals surface area (Å²) in [7, 11) is -1.87. The first-order chi connectivity index (χ1) is 13.8. The number of hydrogen-bond acceptors (Lipinski definition) is 5. The largest absolute Gasteiger partial charge is 0.456 e. The molecule has 29 heavy (non-hydrogen) atoms. The molecule has 0 aliphatic carbocycles. The van der Waals surface area contributed by atoms with Crippen LogP contribution < -0.4 is 10.6 Å². The molecule has 7 nitrogen and oxygen atoms in total. The molecule has 0 aromatic carbocycles. The molecule has 2 N–H and O–H groups in total. The Balaban J connectivity index is 4.82. The molecule has 0 aromatic heterocycles. The van der Waals surface area contributed by atoms with Gasteiger partial charge in [0.1, 0.15) is 12.2 Å². The molecule has 0 aliphatic rings. The summed E-state index contributed by atoms with van der Waals surface area (Å²) in [4.78, 5) is 24.1. The average molecular weight is 447 g/mol. The number of nitrogens with one attached hydrogen (secondary N) is 2. The van der Waals surface area contributed by atoms with Crippen LogP contribution in [0.5, 0.6) is 0 Å². The van der Waals surface area contributed by atoms with Gasteiger partial charge in [0.15, 0.2) is 8.32 Å². The summed E-state index contributed by atoms with van der Waals surface area (Å²) < 4.78 is 17.5. The van der Waals surface area contributed by atoms with Crippen molar-refractivity contribution >= 4 is 30.3 Å². The zero-order valence-electron chi connectivity index (χ0n) is 19.3. The van der Waals surface area contributed by atoms with Crippen LogP contribution in [0.4, 0.5) is 9.59 Å². The molecule has 170 valence electrons. The fourth-order valence-corrected chi connectivity index (χ4v) is 8.51. The third kappa shape index (κ3) is 13.7. The van der Waals surface area contributed by atoms with Gasteiger partial charge >= 0.3 is 12.2 Å². The highest BCUT2D eigenvalue weighted by Gasteiger charge is 2.36. The lowest BCUT2D eigenvalue weighted by Gasteiger charge is -2.33. The van der Waals surface area contributed by atoms with Crippen LogP contribution in [-0.2, 0) is 13.6 Å². The molecule has 0 heterocycles. The van der Waals surface area contributed by atoms with Gasteiger partial charge in [-0.2, -0.15) is 0 Å². The summed E-state index contributed by atoms with van der Waals surface area (Å²) in [6.07, 6.45) is 4.28. The molecule has 9 heteroatoms. The van der Waals surface area contributed by atoms with Gasteiger partial charge in [-0.1, -0.05) is 40.5 Å². The molecule has 0 saturated heterocycles. The molecule has 2 unspecified atom stereocenters. The smallest absolute Gasteiger partial charge is 0.407 e. The van der Waals surface area contributed by atoms with E-state index in [-0.39, 0.29) is 24.4 Å². The minimum Gasteiger partial charge on any atom is -0.456 e. The molecule has 0 spiro atoms. The Kier molecular flexibility index (Phi) is 16.1. The average Bonchev–Trinajstić information content (AvgIpc) is 2.67. The van der Waals surface area contributed by atoms with Crippen molar-refractivity contribution in [3.63, 3.8) is 0 Å². The minimum absolute atomic E-state index is 0.194. The van der Waals surface area contributed by atoms with Crippen LogP contribution >= 0.6 is 0 Å². The van der Waals surface area contributed by atoms with E-state index in [1.165, 1.54) is 0 Å². The van der Waals surface area contributed by atoms with E-state index in [0.717, 1.165) is 38.5 Å². The molecular weight excluding hydrogens is 404 g/mol. The Labute approximate surface area is 181 Å². The van der Waals surface area contributed by atoms with E-state index in [4.69, 9.17) is 13.6 Å².